The standard InChI is InChI=1S/C13H26BO2S/c1-6-13(7-9-15-10-8-13)14-16-11(2,3)12(4,5)17/h17H,6-10H2,1-5H3. The molecule has 1 heterocycles. The van der Waals surface area contributed by atoms with Gasteiger partial charge < -0.3 is 9.39 Å². The third-order valence-electron chi connectivity index (χ3n) is 4.27. The molecule has 0 bridgehead atoms. The number of ether oxygens (including phenoxy) is 1. The van der Waals surface area contributed by atoms with Crippen molar-refractivity contribution in [3.63, 3.8) is 0 Å². The van der Waals surface area contributed by atoms with Crippen LogP contribution >= 0.6 is 12.6 Å². The Hall–Kier alpha value is 0.335. The maximum Gasteiger partial charge on any atom is 0.300 e. The van der Waals surface area contributed by atoms with Gasteiger partial charge in [-0.25, -0.2) is 0 Å². The molecule has 0 aromatic heterocycles. The molecule has 0 amide bonds. The highest BCUT2D eigenvalue weighted by molar-refractivity contribution is 7.81. The highest BCUT2D eigenvalue weighted by Gasteiger charge is 2.39. The predicted octanol–water partition coefficient (Wildman–Crippen LogP) is 3.49. The van der Waals surface area contributed by atoms with Gasteiger partial charge in [0, 0.05) is 18.0 Å². The summed E-state index contributed by atoms with van der Waals surface area (Å²) in [5.41, 5.74) is -0.267. The molecule has 0 unspecified atom stereocenters. The van der Waals surface area contributed by atoms with Crippen molar-refractivity contribution < 1.29 is 9.39 Å². The van der Waals surface area contributed by atoms with E-state index in [0.29, 0.717) is 0 Å². The minimum absolute atomic E-state index is 0.163. The zero-order chi connectivity index (χ0) is 13.2. The van der Waals surface area contributed by atoms with Crippen molar-refractivity contribution in [1.82, 2.24) is 0 Å². The van der Waals surface area contributed by atoms with Gasteiger partial charge in [0.1, 0.15) is 0 Å². The molecule has 2 nitrogen and oxygen atoms in total. The second-order valence-electron chi connectivity index (χ2n) is 6.13. The van der Waals surface area contributed by atoms with Gasteiger partial charge in [0.15, 0.2) is 0 Å². The summed E-state index contributed by atoms with van der Waals surface area (Å²) in [5, 5.41) is 0.189. The van der Waals surface area contributed by atoms with Crippen LogP contribution in [-0.4, -0.2) is 31.0 Å². The summed E-state index contributed by atoms with van der Waals surface area (Å²) < 4.78 is 11.3. The molecule has 1 radical (unpaired) electrons. The van der Waals surface area contributed by atoms with Gasteiger partial charge >= 0.3 is 0 Å². The number of thiol groups is 1. The molecule has 0 aliphatic carbocycles. The fourth-order valence-electron chi connectivity index (χ4n) is 1.75. The van der Waals surface area contributed by atoms with E-state index < -0.39 is 0 Å². The first-order valence-corrected chi connectivity index (χ1v) is 6.99. The van der Waals surface area contributed by atoms with Crippen LogP contribution in [0.1, 0.15) is 53.9 Å². The van der Waals surface area contributed by atoms with Gasteiger partial charge in [-0.05, 0) is 45.9 Å². The maximum absolute atomic E-state index is 6.07. The molecule has 1 aliphatic rings. The monoisotopic (exact) mass is 257 g/mol. The van der Waals surface area contributed by atoms with Crippen molar-refractivity contribution >= 4 is 20.1 Å². The van der Waals surface area contributed by atoms with E-state index in [9.17, 15) is 0 Å². The van der Waals surface area contributed by atoms with Crippen LogP contribution in [0.3, 0.4) is 0 Å². The van der Waals surface area contributed by atoms with Gasteiger partial charge in [0.25, 0.3) is 7.48 Å². The Morgan fingerprint density at radius 1 is 1.24 bits per heavy atom. The summed E-state index contributed by atoms with van der Waals surface area (Å²) in [7, 11) is 2.06. The lowest BCUT2D eigenvalue weighted by Gasteiger charge is -2.42. The third kappa shape index (κ3) is 3.90. The second kappa shape index (κ2) is 5.54. The molecular formula is C13H26BO2S. The molecule has 17 heavy (non-hydrogen) atoms. The summed E-state index contributed by atoms with van der Waals surface area (Å²) in [5.74, 6) is 0. The zero-order valence-corrected chi connectivity index (χ0v) is 12.8. The van der Waals surface area contributed by atoms with Crippen LogP contribution in [0.25, 0.3) is 0 Å². The number of hydrogen-bond donors (Lipinski definition) is 1. The summed E-state index contributed by atoms with van der Waals surface area (Å²) in [6.07, 6.45) is 3.23. The molecule has 4 heteroatoms. The van der Waals surface area contributed by atoms with E-state index in [1.165, 1.54) is 0 Å². The van der Waals surface area contributed by atoms with Crippen molar-refractivity contribution in [2.45, 2.75) is 69.5 Å². The van der Waals surface area contributed by atoms with Gasteiger partial charge in [-0.3, -0.25) is 0 Å². The minimum Gasteiger partial charge on any atom is -0.434 e. The first-order chi connectivity index (χ1) is 7.72. The van der Waals surface area contributed by atoms with Crippen molar-refractivity contribution in [2.75, 3.05) is 13.2 Å². The molecule has 99 valence electrons. The molecule has 1 rings (SSSR count). The van der Waals surface area contributed by atoms with E-state index in [2.05, 4.69) is 54.7 Å². The summed E-state index contributed by atoms with van der Waals surface area (Å²) in [6.45, 7) is 12.3. The lowest BCUT2D eigenvalue weighted by molar-refractivity contribution is 0.0441. The molecule has 1 saturated heterocycles. The molecule has 0 saturated carbocycles. The quantitative estimate of drug-likeness (QED) is 0.600. The van der Waals surface area contributed by atoms with E-state index in [1.807, 2.05) is 0 Å². The van der Waals surface area contributed by atoms with E-state index >= 15 is 0 Å². The Balaban J connectivity index is 2.58. The Kier molecular flexibility index (Phi) is 5.02. The van der Waals surface area contributed by atoms with Crippen LogP contribution in [0.15, 0.2) is 0 Å². The molecule has 1 fully saturated rings. The molecule has 0 aromatic rings. The molecule has 0 N–H and O–H groups in total. The molecule has 0 aromatic carbocycles. The molecule has 0 spiro atoms. The Bertz CT molecular complexity index is 242. The first kappa shape index (κ1) is 15.4. The van der Waals surface area contributed by atoms with Gasteiger partial charge in [-0.15, -0.1) is 0 Å². The van der Waals surface area contributed by atoms with Gasteiger partial charge in [-0.1, -0.05) is 13.3 Å². The zero-order valence-electron chi connectivity index (χ0n) is 11.9. The van der Waals surface area contributed by atoms with Crippen LogP contribution < -0.4 is 0 Å². The predicted molar refractivity (Wildman–Crippen MR) is 77.0 cm³/mol. The fraction of sp³-hybridized carbons (Fsp3) is 1.00. The minimum atomic E-state index is -0.267. The summed E-state index contributed by atoms with van der Waals surface area (Å²) >= 11 is 4.62. The number of rotatable bonds is 5. The fourth-order valence-corrected chi connectivity index (χ4v) is 1.80. The normalized spacial score (nSPS) is 21.3. The van der Waals surface area contributed by atoms with Crippen molar-refractivity contribution in [3.05, 3.63) is 0 Å². The summed E-state index contributed by atoms with van der Waals surface area (Å²) in [6, 6.07) is 0. The lowest BCUT2D eigenvalue weighted by Crippen LogP contribution is -2.46. The second-order valence-corrected chi connectivity index (χ2v) is 7.25. The van der Waals surface area contributed by atoms with Crippen molar-refractivity contribution in [3.8, 4) is 0 Å². The van der Waals surface area contributed by atoms with Crippen LogP contribution in [0.4, 0.5) is 0 Å². The van der Waals surface area contributed by atoms with E-state index in [4.69, 9.17) is 9.39 Å². The smallest absolute Gasteiger partial charge is 0.300 e. The highest BCUT2D eigenvalue weighted by Crippen LogP contribution is 2.42. The van der Waals surface area contributed by atoms with E-state index in [0.717, 1.165) is 32.5 Å². The first-order valence-electron chi connectivity index (χ1n) is 6.55. The Morgan fingerprint density at radius 2 is 1.76 bits per heavy atom. The summed E-state index contributed by atoms with van der Waals surface area (Å²) in [4.78, 5) is 0. The average molecular weight is 257 g/mol. The van der Waals surface area contributed by atoms with E-state index in [1.54, 1.807) is 0 Å². The Labute approximate surface area is 113 Å². The molecule has 1 aliphatic heterocycles. The average Bonchev–Trinajstić information content (AvgIpc) is 2.26. The van der Waals surface area contributed by atoms with Crippen LogP contribution in [-0.2, 0) is 9.39 Å². The largest absolute Gasteiger partial charge is 0.434 e. The van der Waals surface area contributed by atoms with Gasteiger partial charge in [-0.2, -0.15) is 12.6 Å². The van der Waals surface area contributed by atoms with Gasteiger partial charge in [0.05, 0.1) is 5.60 Å². The topological polar surface area (TPSA) is 18.5 Å². The SMILES string of the molecule is CCC1([B]OC(C)(C)C(C)(C)S)CCOCC1. The third-order valence-corrected chi connectivity index (χ3v) is 4.81. The maximum atomic E-state index is 6.07. The van der Waals surface area contributed by atoms with Crippen molar-refractivity contribution in [2.24, 2.45) is 0 Å². The molecular weight excluding hydrogens is 231 g/mol. The Morgan fingerprint density at radius 3 is 2.18 bits per heavy atom. The van der Waals surface area contributed by atoms with E-state index in [-0.39, 0.29) is 15.7 Å². The number of hydrogen-bond acceptors (Lipinski definition) is 3. The van der Waals surface area contributed by atoms with Gasteiger partial charge in [0.2, 0.25) is 0 Å². The highest BCUT2D eigenvalue weighted by atomic mass is 32.1. The van der Waals surface area contributed by atoms with Crippen LogP contribution in [0.5, 0.6) is 0 Å². The van der Waals surface area contributed by atoms with Crippen LogP contribution in [0.2, 0.25) is 5.31 Å². The van der Waals surface area contributed by atoms with Crippen LogP contribution in [0, 0.1) is 0 Å². The van der Waals surface area contributed by atoms with Crippen molar-refractivity contribution in [1.29, 1.82) is 0 Å². The lowest BCUT2D eigenvalue weighted by atomic mass is 9.57. The molecule has 0 atom stereocenters.